The van der Waals surface area contributed by atoms with Crippen LogP contribution in [0.4, 0.5) is 18.9 Å². The van der Waals surface area contributed by atoms with Gasteiger partial charge in [0.2, 0.25) is 11.7 Å². The number of rotatable bonds is 9. The molecular weight excluding hydrogens is 455 g/mol. The van der Waals surface area contributed by atoms with Gasteiger partial charge in [-0.15, -0.1) is 0 Å². The van der Waals surface area contributed by atoms with Gasteiger partial charge in [-0.25, -0.2) is 4.39 Å². The van der Waals surface area contributed by atoms with Crippen molar-refractivity contribution in [3.63, 3.8) is 0 Å². The molecule has 1 amide bonds. The van der Waals surface area contributed by atoms with Crippen LogP contribution in [0.1, 0.15) is 12.3 Å². The van der Waals surface area contributed by atoms with E-state index in [-0.39, 0.29) is 41.0 Å². The van der Waals surface area contributed by atoms with Gasteiger partial charge in [-0.1, -0.05) is 16.8 Å². The lowest BCUT2D eigenvalue weighted by molar-refractivity contribution is -0.147. The van der Waals surface area contributed by atoms with Crippen molar-refractivity contribution in [1.29, 1.82) is 0 Å². The van der Waals surface area contributed by atoms with Gasteiger partial charge in [-0.3, -0.25) is 9.59 Å². The Morgan fingerprint density at radius 3 is 2.59 bits per heavy atom. The summed E-state index contributed by atoms with van der Waals surface area (Å²) in [4.78, 5) is 27.9. The fraction of sp³-hybridized carbons (Fsp3) is 0.200. The van der Waals surface area contributed by atoms with Gasteiger partial charge in [0.05, 0.1) is 11.4 Å². The third kappa shape index (κ3) is 6.71. The number of nitrogens with one attached hydrogen (secondary N) is 1. The number of aromatic nitrogens is 2. The van der Waals surface area contributed by atoms with Crippen molar-refractivity contribution in [2.24, 2.45) is 0 Å². The number of ether oxygens (including phenoxy) is 2. The Morgan fingerprint density at radius 2 is 1.91 bits per heavy atom. The Bertz CT molecular complexity index is 1090. The maximum absolute atomic E-state index is 13.0. The highest BCUT2D eigenvalue weighted by Gasteiger charge is 2.14. The van der Waals surface area contributed by atoms with Crippen LogP contribution in [0, 0.1) is 5.82 Å². The molecule has 0 fully saturated rings. The minimum Gasteiger partial charge on any atom is -0.456 e. The number of nitrogens with zero attached hydrogens (tertiary/aromatic N) is 2. The second-order valence-electron chi connectivity index (χ2n) is 6.25. The SMILES string of the molecule is O=C(COC(=O)CCc1nc(-c2ccc(F)cc2)no1)Nc1ccc(OC(F)F)c(Cl)c1. The maximum Gasteiger partial charge on any atom is 0.387 e. The molecule has 12 heteroatoms. The van der Waals surface area contributed by atoms with E-state index in [1.807, 2.05) is 0 Å². The van der Waals surface area contributed by atoms with Gasteiger partial charge in [0.1, 0.15) is 11.6 Å². The fourth-order valence-electron chi connectivity index (χ4n) is 2.47. The third-order valence-corrected chi connectivity index (χ3v) is 4.20. The number of amides is 1. The molecule has 0 aliphatic carbocycles. The van der Waals surface area contributed by atoms with Crippen LogP contribution in [0.5, 0.6) is 5.75 Å². The predicted molar refractivity (Wildman–Crippen MR) is 106 cm³/mol. The fourth-order valence-corrected chi connectivity index (χ4v) is 2.69. The Balaban J connectivity index is 1.42. The van der Waals surface area contributed by atoms with Gasteiger partial charge in [-0.2, -0.15) is 13.8 Å². The zero-order valence-corrected chi connectivity index (χ0v) is 16.9. The normalized spacial score (nSPS) is 10.8. The first-order valence-corrected chi connectivity index (χ1v) is 9.46. The molecule has 0 aliphatic heterocycles. The lowest BCUT2D eigenvalue weighted by Crippen LogP contribution is -2.21. The summed E-state index contributed by atoms with van der Waals surface area (Å²) in [6.45, 7) is -3.61. The molecule has 1 N–H and O–H groups in total. The monoisotopic (exact) mass is 469 g/mol. The number of carbonyl (C=O) groups excluding carboxylic acids is 2. The molecule has 8 nitrogen and oxygen atoms in total. The molecule has 0 bridgehead atoms. The second-order valence-corrected chi connectivity index (χ2v) is 6.66. The summed E-state index contributed by atoms with van der Waals surface area (Å²) in [6, 6.07) is 9.18. The van der Waals surface area contributed by atoms with Crippen LogP contribution in [0.15, 0.2) is 47.0 Å². The number of alkyl halides is 2. The summed E-state index contributed by atoms with van der Waals surface area (Å²) >= 11 is 5.80. The Labute approximate surface area is 184 Å². The highest BCUT2D eigenvalue weighted by atomic mass is 35.5. The quantitative estimate of drug-likeness (QED) is 0.467. The van der Waals surface area contributed by atoms with Crippen LogP contribution in [0.3, 0.4) is 0 Å². The van der Waals surface area contributed by atoms with Crippen LogP contribution >= 0.6 is 11.6 Å². The van der Waals surface area contributed by atoms with Crippen LogP contribution < -0.4 is 10.1 Å². The number of benzene rings is 2. The van der Waals surface area contributed by atoms with Crippen molar-refractivity contribution in [1.82, 2.24) is 10.1 Å². The second kappa shape index (κ2) is 10.6. The number of hydrogen-bond acceptors (Lipinski definition) is 7. The van der Waals surface area contributed by atoms with Crippen molar-refractivity contribution in [3.05, 3.63) is 59.2 Å². The van der Waals surface area contributed by atoms with Crippen LogP contribution in [-0.4, -0.2) is 35.2 Å². The van der Waals surface area contributed by atoms with E-state index in [0.29, 0.717) is 5.56 Å². The van der Waals surface area contributed by atoms with E-state index in [4.69, 9.17) is 20.9 Å². The van der Waals surface area contributed by atoms with Crippen molar-refractivity contribution >= 4 is 29.2 Å². The first kappa shape index (κ1) is 23.1. The Hall–Kier alpha value is -3.60. The summed E-state index contributed by atoms with van der Waals surface area (Å²) in [7, 11) is 0. The molecule has 0 spiro atoms. The zero-order valence-electron chi connectivity index (χ0n) is 16.2. The molecular formula is C20H15ClF3N3O5. The van der Waals surface area contributed by atoms with Gasteiger partial charge >= 0.3 is 12.6 Å². The topological polar surface area (TPSA) is 104 Å². The van der Waals surface area contributed by atoms with Crippen LogP contribution in [-0.2, 0) is 20.7 Å². The third-order valence-electron chi connectivity index (χ3n) is 3.91. The molecule has 1 aromatic heterocycles. The number of hydrogen-bond donors (Lipinski definition) is 1. The van der Waals surface area contributed by atoms with Crippen molar-refractivity contribution < 1.29 is 36.8 Å². The lowest BCUT2D eigenvalue weighted by atomic mass is 10.2. The molecule has 2 aromatic carbocycles. The average molecular weight is 470 g/mol. The largest absolute Gasteiger partial charge is 0.456 e. The molecule has 168 valence electrons. The highest BCUT2D eigenvalue weighted by Crippen LogP contribution is 2.28. The minimum absolute atomic E-state index is 0.0792. The predicted octanol–water partition coefficient (Wildman–Crippen LogP) is 4.25. The first-order valence-electron chi connectivity index (χ1n) is 9.08. The van der Waals surface area contributed by atoms with E-state index in [9.17, 15) is 22.8 Å². The number of aryl methyl sites for hydroxylation is 1. The summed E-state index contributed by atoms with van der Waals surface area (Å²) in [5.74, 6) is -1.56. The molecule has 32 heavy (non-hydrogen) atoms. The van der Waals surface area contributed by atoms with Crippen LogP contribution in [0.25, 0.3) is 11.4 Å². The van der Waals surface area contributed by atoms with Gasteiger partial charge in [0, 0.05) is 17.7 Å². The molecule has 0 saturated carbocycles. The van der Waals surface area contributed by atoms with Gasteiger partial charge in [0.15, 0.2) is 6.61 Å². The molecule has 0 atom stereocenters. The molecule has 0 saturated heterocycles. The van der Waals surface area contributed by atoms with Gasteiger partial charge in [0.25, 0.3) is 5.91 Å². The standard InChI is InChI=1S/C20H15ClF3N3O5/c21-14-9-13(5-6-15(14)31-20(23)24)25-16(28)10-30-18(29)8-7-17-26-19(27-32-17)11-1-3-12(22)4-2-11/h1-6,9,20H,7-8,10H2,(H,25,28). The van der Waals surface area contributed by atoms with Gasteiger partial charge in [-0.05, 0) is 42.5 Å². The van der Waals surface area contributed by atoms with E-state index in [2.05, 4.69) is 20.2 Å². The molecule has 3 aromatic rings. The smallest absolute Gasteiger partial charge is 0.387 e. The zero-order chi connectivity index (χ0) is 23.1. The maximum atomic E-state index is 13.0. The molecule has 0 radical (unpaired) electrons. The number of esters is 1. The van der Waals surface area contributed by atoms with Crippen LogP contribution in [0.2, 0.25) is 5.02 Å². The summed E-state index contributed by atoms with van der Waals surface area (Å²) in [5, 5.41) is 6.04. The number of halogens is 4. The van der Waals surface area contributed by atoms with E-state index in [0.717, 1.165) is 0 Å². The van der Waals surface area contributed by atoms with Crippen molar-refractivity contribution in [2.75, 3.05) is 11.9 Å². The highest BCUT2D eigenvalue weighted by molar-refractivity contribution is 6.32. The lowest BCUT2D eigenvalue weighted by Gasteiger charge is -2.10. The first-order chi connectivity index (χ1) is 15.3. The summed E-state index contributed by atoms with van der Waals surface area (Å²) in [5.41, 5.74) is 0.756. The molecule has 0 aliphatic rings. The van der Waals surface area contributed by atoms with Crippen molar-refractivity contribution in [3.8, 4) is 17.1 Å². The molecule has 0 unspecified atom stereocenters. The Morgan fingerprint density at radius 1 is 1.16 bits per heavy atom. The van der Waals surface area contributed by atoms with E-state index in [1.54, 1.807) is 0 Å². The number of anilines is 1. The molecule has 1 heterocycles. The van der Waals surface area contributed by atoms with E-state index in [1.165, 1.54) is 42.5 Å². The van der Waals surface area contributed by atoms with E-state index >= 15 is 0 Å². The van der Waals surface area contributed by atoms with Crippen molar-refractivity contribution in [2.45, 2.75) is 19.5 Å². The molecule has 3 rings (SSSR count). The minimum atomic E-state index is -3.03. The number of carbonyl (C=O) groups is 2. The average Bonchev–Trinajstić information content (AvgIpc) is 3.22. The Kier molecular flexibility index (Phi) is 7.66. The summed E-state index contributed by atoms with van der Waals surface area (Å²) in [6.07, 6.45) is -0.0420. The van der Waals surface area contributed by atoms with Gasteiger partial charge < -0.3 is 19.3 Å². The van der Waals surface area contributed by atoms with E-state index < -0.39 is 30.9 Å². The summed E-state index contributed by atoms with van der Waals surface area (Å²) < 4.78 is 51.5.